The number of benzene rings is 1. The van der Waals surface area contributed by atoms with Gasteiger partial charge in [0.25, 0.3) is 5.92 Å². The van der Waals surface area contributed by atoms with Gasteiger partial charge in [0.2, 0.25) is 15.9 Å². The van der Waals surface area contributed by atoms with Crippen LogP contribution in [0.15, 0.2) is 23.1 Å². The summed E-state index contributed by atoms with van der Waals surface area (Å²) < 4.78 is 61.9. The van der Waals surface area contributed by atoms with Gasteiger partial charge < -0.3 is 19.9 Å². The lowest BCUT2D eigenvalue weighted by Crippen LogP contribution is -2.52. The van der Waals surface area contributed by atoms with Crippen LogP contribution in [0.1, 0.15) is 38.5 Å². The number of carbonyl (C=O) groups is 1. The zero-order chi connectivity index (χ0) is 28.0. The molecule has 2 atom stereocenters. The molecule has 0 aliphatic carbocycles. The number of amides is 1. The van der Waals surface area contributed by atoms with Gasteiger partial charge in [-0.3, -0.25) is 4.79 Å². The summed E-state index contributed by atoms with van der Waals surface area (Å²) in [6.07, 6.45) is 3.14. The number of piperidine rings is 1. The summed E-state index contributed by atoms with van der Waals surface area (Å²) >= 11 is 12.2. The summed E-state index contributed by atoms with van der Waals surface area (Å²) in [6.45, 7) is 5.12. The number of hydrogen-bond acceptors (Lipinski definition) is 6. The third-order valence-corrected chi connectivity index (χ3v) is 10.8. The van der Waals surface area contributed by atoms with Crippen molar-refractivity contribution in [2.24, 2.45) is 5.92 Å². The second kappa shape index (κ2) is 13.7. The maximum absolute atomic E-state index is 14.3. The first-order valence-electron chi connectivity index (χ1n) is 13.7. The molecule has 3 saturated heterocycles. The summed E-state index contributed by atoms with van der Waals surface area (Å²) in [5, 5.41) is 3.24. The van der Waals surface area contributed by atoms with Crippen LogP contribution in [-0.2, 0) is 19.6 Å². The van der Waals surface area contributed by atoms with Gasteiger partial charge in [0.1, 0.15) is 11.5 Å². The molecule has 8 nitrogen and oxygen atoms in total. The Bertz CT molecular complexity index is 1070. The van der Waals surface area contributed by atoms with E-state index in [1.54, 1.807) is 4.90 Å². The van der Waals surface area contributed by atoms with Crippen LogP contribution in [0.3, 0.4) is 0 Å². The topological polar surface area (TPSA) is 82.2 Å². The summed E-state index contributed by atoms with van der Waals surface area (Å²) in [5.74, 6) is -2.50. The highest BCUT2D eigenvalue weighted by atomic mass is 35.5. The number of sulfonamides is 1. The highest BCUT2D eigenvalue weighted by Crippen LogP contribution is 2.38. The molecule has 13 heteroatoms. The van der Waals surface area contributed by atoms with Gasteiger partial charge in [0.15, 0.2) is 0 Å². The van der Waals surface area contributed by atoms with Crippen LogP contribution in [0.25, 0.3) is 0 Å². The van der Waals surface area contributed by atoms with Crippen LogP contribution in [0.4, 0.5) is 8.78 Å². The van der Waals surface area contributed by atoms with Crippen molar-refractivity contribution in [3.05, 3.63) is 28.2 Å². The van der Waals surface area contributed by atoms with Gasteiger partial charge in [0, 0.05) is 39.0 Å². The Hall–Kier alpha value is -1.08. The fourth-order valence-electron chi connectivity index (χ4n) is 5.69. The molecule has 0 aromatic heterocycles. The average molecular weight is 612 g/mol. The zero-order valence-electron chi connectivity index (χ0n) is 22.1. The second-order valence-corrected chi connectivity index (χ2v) is 13.4. The van der Waals surface area contributed by atoms with Gasteiger partial charge in [0.05, 0.1) is 22.7 Å². The predicted octanol–water partition coefficient (Wildman–Crippen LogP) is 3.72. The molecule has 0 bridgehead atoms. The molecule has 0 radical (unpaired) electrons. The minimum Gasteiger partial charge on any atom is -0.370 e. The van der Waals surface area contributed by atoms with Gasteiger partial charge >= 0.3 is 0 Å². The number of alkyl halides is 2. The summed E-state index contributed by atoms with van der Waals surface area (Å²) in [4.78, 5) is 16.7. The smallest absolute Gasteiger partial charge is 0.251 e. The van der Waals surface area contributed by atoms with E-state index >= 15 is 0 Å². The van der Waals surface area contributed by atoms with E-state index in [4.69, 9.17) is 27.9 Å². The van der Waals surface area contributed by atoms with Crippen molar-refractivity contribution in [1.82, 2.24) is 19.4 Å². The summed E-state index contributed by atoms with van der Waals surface area (Å²) in [7, 11) is -4.27. The number of nitrogens with one attached hydrogen (secondary N) is 1. The van der Waals surface area contributed by atoms with Gasteiger partial charge in [-0.05, 0) is 69.9 Å². The Kier molecular flexibility index (Phi) is 10.9. The van der Waals surface area contributed by atoms with E-state index in [1.807, 2.05) is 0 Å². The molecule has 1 aromatic rings. The molecule has 220 valence electrons. The molecule has 3 heterocycles. The van der Waals surface area contributed by atoms with E-state index in [9.17, 15) is 22.0 Å². The summed E-state index contributed by atoms with van der Waals surface area (Å²) in [5.41, 5.74) is 0. The Morgan fingerprint density at radius 3 is 2.62 bits per heavy atom. The maximum atomic E-state index is 14.3. The quantitative estimate of drug-likeness (QED) is 0.435. The molecule has 0 saturated carbocycles. The van der Waals surface area contributed by atoms with E-state index in [0.29, 0.717) is 13.1 Å². The highest BCUT2D eigenvalue weighted by Gasteiger charge is 2.46. The molecule has 1 unspecified atom stereocenters. The fourth-order valence-corrected chi connectivity index (χ4v) is 8.40. The van der Waals surface area contributed by atoms with Crippen LogP contribution >= 0.6 is 23.2 Å². The predicted molar refractivity (Wildman–Crippen MR) is 147 cm³/mol. The first-order valence-corrected chi connectivity index (χ1v) is 15.9. The third-order valence-electron chi connectivity index (χ3n) is 7.85. The molecule has 3 aliphatic rings. The van der Waals surface area contributed by atoms with E-state index in [1.165, 1.54) is 31.0 Å². The molecule has 3 aliphatic heterocycles. The van der Waals surface area contributed by atoms with Crippen LogP contribution < -0.4 is 5.32 Å². The largest absolute Gasteiger partial charge is 0.370 e. The number of ether oxygens (including phenoxy) is 1. The lowest BCUT2D eigenvalue weighted by atomic mass is 10.0. The van der Waals surface area contributed by atoms with Crippen molar-refractivity contribution in [2.75, 3.05) is 65.6 Å². The minimum atomic E-state index is -4.27. The Balaban J connectivity index is 1.29. The van der Waals surface area contributed by atoms with Gasteiger partial charge in [-0.15, -0.1) is 0 Å². The third kappa shape index (κ3) is 8.24. The Morgan fingerprint density at radius 2 is 1.90 bits per heavy atom. The van der Waals surface area contributed by atoms with Crippen molar-refractivity contribution in [3.8, 4) is 0 Å². The first kappa shape index (κ1) is 30.9. The highest BCUT2D eigenvalue weighted by molar-refractivity contribution is 7.89. The minimum absolute atomic E-state index is 0.0829. The fraction of sp³-hybridized carbons (Fsp3) is 0.731. The molecule has 1 amide bonds. The normalized spacial score (nSPS) is 25.1. The van der Waals surface area contributed by atoms with Gasteiger partial charge in [-0.2, -0.15) is 4.31 Å². The number of halogens is 4. The standard InChI is InChI=1S/C26H38Cl2F2N4O4S/c27-22-5-1-6-23(28)25(22)39(36,37)34-13-8-26(29,30)16-21(34)18-38-19-24(35)33-12-3-11-32(14-15-33)10-2-4-20-7-9-31-17-20/h1,5-6,20-21,31H,2-4,7-19H2/t20?,21-/m0/s1. The van der Waals surface area contributed by atoms with Crippen molar-refractivity contribution in [2.45, 2.75) is 55.4 Å². The SMILES string of the molecule is O=C(COC[C@@H]1CC(F)(F)CCN1S(=O)(=O)c1c(Cl)cccc1Cl)N1CCCN(CCCC2CCNC2)CC1. The van der Waals surface area contributed by atoms with Crippen molar-refractivity contribution in [1.29, 1.82) is 0 Å². The molecule has 0 spiro atoms. The lowest BCUT2D eigenvalue weighted by molar-refractivity contribution is -0.137. The van der Waals surface area contributed by atoms with Gasteiger partial charge in [-0.25, -0.2) is 17.2 Å². The van der Waals surface area contributed by atoms with E-state index in [0.717, 1.165) is 55.8 Å². The van der Waals surface area contributed by atoms with Crippen LogP contribution in [0.5, 0.6) is 0 Å². The number of nitrogens with zero attached hydrogens (tertiary/aromatic N) is 3. The summed E-state index contributed by atoms with van der Waals surface area (Å²) in [6, 6.07) is 3.13. The Morgan fingerprint density at radius 1 is 1.13 bits per heavy atom. The van der Waals surface area contributed by atoms with Crippen molar-refractivity contribution >= 4 is 39.1 Å². The molecular formula is C26H38Cl2F2N4O4S. The number of rotatable bonds is 10. The second-order valence-electron chi connectivity index (χ2n) is 10.7. The van der Waals surface area contributed by atoms with E-state index < -0.39 is 41.4 Å². The van der Waals surface area contributed by atoms with Crippen molar-refractivity contribution < 1.29 is 26.7 Å². The monoisotopic (exact) mass is 610 g/mol. The van der Waals surface area contributed by atoms with Crippen LogP contribution in [-0.4, -0.2) is 106 Å². The lowest BCUT2D eigenvalue weighted by Gasteiger charge is -2.38. The molecule has 39 heavy (non-hydrogen) atoms. The van der Waals surface area contributed by atoms with Crippen molar-refractivity contribution in [3.63, 3.8) is 0 Å². The molecule has 4 rings (SSSR count). The Labute approximate surface area is 240 Å². The molecule has 3 fully saturated rings. The maximum Gasteiger partial charge on any atom is 0.251 e. The van der Waals surface area contributed by atoms with E-state index in [2.05, 4.69) is 10.2 Å². The first-order chi connectivity index (χ1) is 18.6. The number of hydrogen-bond donors (Lipinski definition) is 1. The van der Waals surface area contributed by atoms with Gasteiger partial charge in [-0.1, -0.05) is 29.3 Å². The zero-order valence-corrected chi connectivity index (χ0v) is 24.4. The molecular weight excluding hydrogens is 573 g/mol. The average Bonchev–Trinajstić information content (AvgIpc) is 3.27. The van der Waals surface area contributed by atoms with Crippen LogP contribution in [0.2, 0.25) is 10.0 Å². The van der Waals surface area contributed by atoms with E-state index in [-0.39, 0.29) is 34.1 Å². The molecule has 1 aromatic carbocycles. The molecule has 1 N–H and O–H groups in total. The number of carbonyl (C=O) groups excluding carboxylic acids is 1. The van der Waals surface area contributed by atoms with Crippen LogP contribution in [0, 0.1) is 5.92 Å².